The summed E-state index contributed by atoms with van der Waals surface area (Å²) in [4.78, 5) is 13.1. The van der Waals surface area contributed by atoms with Crippen LogP contribution in [0.2, 0.25) is 0 Å². The second kappa shape index (κ2) is 6.86. The predicted octanol–water partition coefficient (Wildman–Crippen LogP) is 0.572. The zero-order valence-corrected chi connectivity index (χ0v) is 10.5. The van der Waals surface area contributed by atoms with E-state index in [0.717, 1.165) is 26.2 Å². The molecule has 0 bridgehead atoms. The number of hydrogen-bond acceptors (Lipinski definition) is 3. The fourth-order valence-electron chi connectivity index (χ4n) is 2.46. The minimum atomic E-state index is -0.193. The van der Waals surface area contributed by atoms with Gasteiger partial charge in [0.1, 0.15) is 0 Å². The fraction of sp³-hybridized carbons (Fsp3) is 0.917. The lowest BCUT2D eigenvalue weighted by molar-refractivity contribution is -0.118. The summed E-state index contributed by atoms with van der Waals surface area (Å²) in [5, 5.41) is 3.48. The van der Waals surface area contributed by atoms with Gasteiger partial charge < -0.3 is 16.0 Å². The molecular weight excluding hydrogens is 202 g/mol. The van der Waals surface area contributed by atoms with Crippen LogP contribution in [0.25, 0.3) is 0 Å². The average Bonchev–Trinajstić information content (AvgIpc) is 2.27. The number of carbonyl (C=O) groups is 1. The standard InChI is InChI=1S/C12H25N3O/c1-3-14-10(2)11-5-4-7-15(9-11)8-6-12(13)16/h10-11,14H,3-9H2,1-2H3,(H2,13,16). The van der Waals surface area contributed by atoms with Crippen molar-refractivity contribution in [2.45, 2.75) is 39.2 Å². The first-order valence-electron chi connectivity index (χ1n) is 6.37. The summed E-state index contributed by atoms with van der Waals surface area (Å²) in [6.45, 7) is 8.46. The highest BCUT2D eigenvalue weighted by Gasteiger charge is 2.23. The lowest BCUT2D eigenvalue weighted by atomic mass is 9.91. The van der Waals surface area contributed by atoms with E-state index < -0.39 is 0 Å². The van der Waals surface area contributed by atoms with Gasteiger partial charge in [0, 0.05) is 25.6 Å². The number of rotatable bonds is 6. The van der Waals surface area contributed by atoms with Crippen LogP contribution in [0.15, 0.2) is 0 Å². The molecule has 1 aliphatic heterocycles. The number of primary amides is 1. The molecule has 0 spiro atoms. The van der Waals surface area contributed by atoms with Crippen LogP contribution in [-0.4, -0.2) is 43.0 Å². The van der Waals surface area contributed by atoms with Crippen LogP contribution in [-0.2, 0) is 4.79 Å². The summed E-state index contributed by atoms with van der Waals surface area (Å²) in [5.41, 5.74) is 5.17. The largest absolute Gasteiger partial charge is 0.370 e. The van der Waals surface area contributed by atoms with E-state index in [1.165, 1.54) is 12.8 Å². The highest BCUT2D eigenvalue weighted by atomic mass is 16.1. The number of likely N-dealkylation sites (tertiary alicyclic amines) is 1. The molecule has 1 rings (SSSR count). The predicted molar refractivity (Wildman–Crippen MR) is 66.1 cm³/mol. The third kappa shape index (κ3) is 4.49. The molecule has 2 atom stereocenters. The maximum absolute atomic E-state index is 10.7. The van der Waals surface area contributed by atoms with Crippen LogP contribution in [0.5, 0.6) is 0 Å². The first kappa shape index (κ1) is 13.5. The molecule has 3 N–H and O–H groups in total. The molecule has 16 heavy (non-hydrogen) atoms. The van der Waals surface area contributed by atoms with Crippen molar-refractivity contribution >= 4 is 5.91 Å². The Labute approximate surface area is 98.6 Å². The molecule has 94 valence electrons. The minimum Gasteiger partial charge on any atom is -0.370 e. The summed E-state index contributed by atoms with van der Waals surface area (Å²) in [6.07, 6.45) is 3.02. The van der Waals surface area contributed by atoms with Crippen molar-refractivity contribution in [3.05, 3.63) is 0 Å². The lowest BCUT2D eigenvalue weighted by Crippen LogP contribution is -2.45. The molecule has 0 radical (unpaired) electrons. The van der Waals surface area contributed by atoms with Crippen molar-refractivity contribution in [3.63, 3.8) is 0 Å². The molecule has 1 heterocycles. The molecule has 2 unspecified atom stereocenters. The van der Waals surface area contributed by atoms with Crippen molar-refractivity contribution in [3.8, 4) is 0 Å². The summed E-state index contributed by atoms with van der Waals surface area (Å²) in [5.74, 6) is 0.517. The lowest BCUT2D eigenvalue weighted by Gasteiger charge is -2.35. The Morgan fingerprint density at radius 1 is 1.62 bits per heavy atom. The highest BCUT2D eigenvalue weighted by Crippen LogP contribution is 2.19. The van der Waals surface area contributed by atoms with Crippen molar-refractivity contribution in [2.75, 3.05) is 26.2 Å². The maximum atomic E-state index is 10.7. The molecule has 1 saturated heterocycles. The Hall–Kier alpha value is -0.610. The number of nitrogens with one attached hydrogen (secondary N) is 1. The Morgan fingerprint density at radius 3 is 3.00 bits per heavy atom. The van der Waals surface area contributed by atoms with Gasteiger partial charge in [0.05, 0.1) is 0 Å². The number of nitrogens with zero attached hydrogens (tertiary/aromatic N) is 1. The first-order chi connectivity index (χ1) is 7.63. The van der Waals surface area contributed by atoms with Crippen LogP contribution >= 0.6 is 0 Å². The third-order valence-electron chi connectivity index (χ3n) is 3.45. The highest BCUT2D eigenvalue weighted by molar-refractivity contribution is 5.73. The Morgan fingerprint density at radius 2 is 2.38 bits per heavy atom. The maximum Gasteiger partial charge on any atom is 0.218 e. The second-order valence-corrected chi connectivity index (χ2v) is 4.77. The zero-order valence-electron chi connectivity index (χ0n) is 10.5. The van der Waals surface area contributed by atoms with Crippen molar-refractivity contribution < 1.29 is 4.79 Å². The average molecular weight is 227 g/mol. The van der Waals surface area contributed by atoms with E-state index in [-0.39, 0.29) is 5.91 Å². The molecule has 0 aromatic heterocycles. The molecular formula is C12H25N3O. The number of nitrogens with two attached hydrogens (primary N) is 1. The molecule has 1 amide bonds. The number of amides is 1. The summed E-state index contributed by atoms with van der Waals surface area (Å²) in [7, 11) is 0. The van der Waals surface area contributed by atoms with Crippen LogP contribution < -0.4 is 11.1 Å². The Kier molecular flexibility index (Phi) is 5.77. The molecule has 4 nitrogen and oxygen atoms in total. The van der Waals surface area contributed by atoms with Crippen LogP contribution in [0.4, 0.5) is 0 Å². The molecule has 0 saturated carbocycles. The summed E-state index contributed by atoms with van der Waals surface area (Å²) >= 11 is 0. The van der Waals surface area contributed by atoms with Crippen molar-refractivity contribution in [1.82, 2.24) is 10.2 Å². The molecule has 1 aliphatic rings. The third-order valence-corrected chi connectivity index (χ3v) is 3.45. The minimum absolute atomic E-state index is 0.193. The van der Waals surface area contributed by atoms with Gasteiger partial charge >= 0.3 is 0 Å². The van der Waals surface area contributed by atoms with E-state index in [1.807, 2.05) is 0 Å². The van der Waals surface area contributed by atoms with E-state index in [1.54, 1.807) is 0 Å². The smallest absolute Gasteiger partial charge is 0.218 e. The molecule has 0 aliphatic carbocycles. The van der Waals surface area contributed by atoms with Gasteiger partial charge in [-0.2, -0.15) is 0 Å². The van der Waals surface area contributed by atoms with Gasteiger partial charge in [0.2, 0.25) is 5.91 Å². The van der Waals surface area contributed by atoms with Crippen molar-refractivity contribution in [1.29, 1.82) is 0 Å². The van der Waals surface area contributed by atoms with Gasteiger partial charge in [0.25, 0.3) is 0 Å². The van der Waals surface area contributed by atoms with E-state index in [0.29, 0.717) is 18.4 Å². The second-order valence-electron chi connectivity index (χ2n) is 4.77. The number of piperidine rings is 1. The van der Waals surface area contributed by atoms with Crippen LogP contribution in [0.3, 0.4) is 0 Å². The van der Waals surface area contributed by atoms with E-state index >= 15 is 0 Å². The summed E-state index contributed by atoms with van der Waals surface area (Å²) < 4.78 is 0. The van der Waals surface area contributed by atoms with E-state index in [4.69, 9.17) is 5.73 Å². The fourth-order valence-corrected chi connectivity index (χ4v) is 2.46. The van der Waals surface area contributed by atoms with E-state index in [9.17, 15) is 4.79 Å². The molecule has 1 fully saturated rings. The van der Waals surface area contributed by atoms with Gasteiger partial charge in [0.15, 0.2) is 0 Å². The Bertz CT molecular complexity index is 220. The first-order valence-corrected chi connectivity index (χ1v) is 6.37. The van der Waals surface area contributed by atoms with Crippen LogP contribution in [0.1, 0.15) is 33.1 Å². The molecule has 0 aromatic rings. The SMILES string of the molecule is CCNC(C)C1CCCN(CCC(N)=O)C1. The van der Waals surface area contributed by atoms with E-state index in [2.05, 4.69) is 24.1 Å². The normalized spacial score (nSPS) is 24.2. The quantitative estimate of drug-likeness (QED) is 0.697. The molecule has 0 aromatic carbocycles. The van der Waals surface area contributed by atoms with Gasteiger partial charge in [-0.15, -0.1) is 0 Å². The monoisotopic (exact) mass is 227 g/mol. The number of carbonyl (C=O) groups excluding carboxylic acids is 1. The Balaban J connectivity index is 2.31. The van der Waals surface area contributed by atoms with Crippen molar-refractivity contribution in [2.24, 2.45) is 11.7 Å². The topological polar surface area (TPSA) is 58.4 Å². The zero-order chi connectivity index (χ0) is 12.0. The van der Waals surface area contributed by atoms with Crippen LogP contribution in [0, 0.1) is 5.92 Å². The van der Waals surface area contributed by atoms with Gasteiger partial charge in [-0.05, 0) is 38.8 Å². The number of hydrogen-bond donors (Lipinski definition) is 2. The van der Waals surface area contributed by atoms with Gasteiger partial charge in [-0.1, -0.05) is 6.92 Å². The molecule has 4 heteroatoms. The summed E-state index contributed by atoms with van der Waals surface area (Å²) in [6, 6.07) is 0.571. The van der Waals surface area contributed by atoms with Gasteiger partial charge in [-0.25, -0.2) is 0 Å². The van der Waals surface area contributed by atoms with Gasteiger partial charge in [-0.3, -0.25) is 4.79 Å².